The molecule has 0 amide bonds. The molecule has 122 valence electrons. The van der Waals surface area contributed by atoms with Crippen molar-refractivity contribution < 1.29 is 17.5 Å². The standard InChI is InChI=1S/C16H17FN2O3S/c1-22-16-7-6-14(9-15(16)17)23(20,21)19(13-4-5-13)11-12-3-2-8-18-10-12/h2-3,6-10,13H,4-5,11H2,1H3. The van der Waals surface area contributed by atoms with Crippen molar-refractivity contribution in [3.05, 3.63) is 54.1 Å². The highest BCUT2D eigenvalue weighted by atomic mass is 32.2. The van der Waals surface area contributed by atoms with Gasteiger partial charge in [-0.25, -0.2) is 12.8 Å². The number of nitrogens with zero attached hydrogens (tertiary/aromatic N) is 2. The number of halogens is 1. The summed E-state index contributed by atoms with van der Waals surface area (Å²) in [7, 11) is -2.43. The maximum absolute atomic E-state index is 13.9. The summed E-state index contributed by atoms with van der Waals surface area (Å²) in [4.78, 5) is 3.95. The summed E-state index contributed by atoms with van der Waals surface area (Å²) in [6.07, 6.45) is 4.91. The maximum Gasteiger partial charge on any atom is 0.243 e. The fraction of sp³-hybridized carbons (Fsp3) is 0.312. The van der Waals surface area contributed by atoms with Crippen molar-refractivity contribution in [3.8, 4) is 5.75 Å². The molecule has 0 N–H and O–H groups in total. The first-order valence-corrected chi connectivity index (χ1v) is 8.70. The number of pyridine rings is 1. The lowest BCUT2D eigenvalue weighted by molar-refractivity contribution is 0.383. The Hall–Kier alpha value is -1.99. The van der Waals surface area contributed by atoms with E-state index in [0.717, 1.165) is 24.5 Å². The minimum Gasteiger partial charge on any atom is -0.494 e. The largest absolute Gasteiger partial charge is 0.494 e. The van der Waals surface area contributed by atoms with Crippen molar-refractivity contribution >= 4 is 10.0 Å². The molecule has 1 saturated carbocycles. The van der Waals surface area contributed by atoms with Gasteiger partial charge in [-0.05, 0) is 42.7 Å². The highest BCUT2D eigenvalue weighted by molar-refractivity contribution is 7.89. The highest BCUT2D eigenvalue weighted by Gasteiger charge is 2.38. The molecule has 7 heteroatoms. The van der Waals surface area contributed by atoms with E-state index in [4.69, 9.17) is 4.74 Å². The van der Waals surface area contributed by atoms with Gasteiger partial charge >= 0.3 is 0 Å². The van der Waals surface area contributed by atoms with Gasteiger partial charge in [0.25, 0.3) is 0 Å². The van der Waals surface area contributed by atoms with Gasteiger partial charge in [-0.3, -0.25) is 4.98 Å². The molecule has 1 heterocycles. The fourth-order valence-electron chi connectivity index (χ4n) is 2.39. The third-order valence-corrected chi connectivity index (χ3v) is 5.64. The van der Waals surface area contributed by atoms with Gasteiger partial charge in [0.05, 0.1) is 12.0 Å². The molecule has 1 aliphatic carbocycles. The van der Waals surface area contributed by atoms with Crippen LogP contribution in [0, 0.1) is 5.82 Å². The average molecular weight is 336 g/mol. The Balaban J connectivity index is 1.93. The Morgan fingerprint density at radius 2 is 2.13 bits per heavy atom. The molecule has 1 fully saturated rings. The van der Waals surface area contributed by atoms with E-state index in [-0.39, 0.29) is 23.2 Å². The van der Waals surface area contributed by atoms with E-state index >= 15 is 0 Å². The van der Waals surface area contributed by atoms with Crippen LogP contribution in [0.1, 0.15) is 18.4 Å². The van der Waals surface area contributed by atoms with Crippen LogP contribution in [0.3, 0.4) is 0 Å². The first kappa shape index (κ1) is 15.9. The molecular formula is C16H17FN2O3S. The topological polar surface area (TPSA) is 59.5 Å². The van der Waals surface area contributed by atoms with Crippen molar-refractivity contribution in [3.63, 3.8) is 0 Å². The van der Waals surface area contributed by atoms with E-state index in [2.05, 4.69) is 4.98 Å². The zero-order chi connectivity index (χ0) is 16.4. The number of hydrogen-bond donors (Lipinski definition) is 0. The molecule has 5 nitrogen and oxygen atoms in total. The molecule has 0 bridgehead atoms. The van der Waals surface area contributed by atoms with E-state index in [1.807, 2.05) is 6.07 Å². The third-order valence-electron chi connectivity index (χ3n) is 3.75. The van der Waals surface area contributed by atoms with E-state index in [1.54, 1.807) is 18.5 Å². The van der Waals surface area contributed by atoms with Crippen molar-refractivity contribution in [1.82, 2.24) is 9.29 Å². The van der Waals surface area contributed by atoms with Crippen LogP contribution in [0.4, 0.5) is 4.39 Å². The molecule has 0 radical (unpaired) electrons. The number of sulfonamides is 1. The summed E-state index contributed by atoms with van der Waals surface area (Å²) < 4.78 is 45.9. The van der Waals surface area contributed by atoms with Gasteiger partial charge in [-0.2, -0.15) is 4.31 Å². The molecule has 1 aromatic heterocycles. The van der Waals surface area contributed by atoms with E-state index < -0.39 is 15.8 Å². The Bertz CT molecular complexity index is 792. The molecule has 2 aromatic rings. The van der Waals surface area contributed by atoms with Crippen molar-refractivity contribution in [2.45, 2.75) is 30.3 Å². The maximum atomic E-state index is 13.9. The van der Waals surface area contributed by atoms with Gasteiger partial charge in [0.2, 0.25) is 10.0 Å². The predicted molar refractivity (Wildman–Crippen MR) is 82.9 cm³/mol. The number of methoxy groups -OCH3 is 1. The SMILES string of the molecule is COc1ccc(S(=O)(=O)N(Cc2cccnc2)C2CC2)cc1F. The third kappa shape index (κ3) is 3.35. The minimum absolute atomic E-state index is 0.0224. The van der Waals surface area contributed by atoms with Crippen molar-refractivity contribution in [2.24, 2.45) is 0 Å². The quantitative estimate of drug-likeness (QED) is 0.813. The molecule has 3 rings (SSSR count). The number of rotatable bonds is 6. The van der Waals surface area contributed by atoms with Gasteiger partial charge in [-0.15, -0.1) is 0 Å². The lowest BCUT2D eigenvalue weighted by Gasteiger charge is -2.22. The van der Waals surface area contributed by atoms with Gasteiger partial charge < -0.3 is 4.74 Å². The molecule has 23 heavy (non-hydrogen) atoms. The van der Waals surface area contributed by atoms with Gasteiger partial charge in [0.1, 0.15) is 0 Å². The second-order valence-electron chi connectivity index (χ2n) is 5.44. The zero-order valence-electron chi connectivity index (χ0n) is 12.6. The summed E-state index contributed by atoms with van der Waals surface area (Å²) in [5.41, 5.74) is 0.803. The lowest BCUT2D eigenvalue weighted by atomic mass is 10.3. The number of aromatic nitrogens is 1. The molecule has 0 unspecified atom stereocenters. The van der Waals surface area contributed by atoms with Crippen LogP contribution in [0.5, 0.6) is 5.75 Å². The number of hydrogen-bond acceptors (Lipinski definition) is 4. The Labute approximate surface area is 134 Å². The van der Waals surface area contributed by atoms with E-state index in [1.165, 1.54) is 23.5 Å². The molecule has 0 spiro atoms. The summed E-state index contributed by atoms with van der Waals surface area (Å²) in [5, 5.41) is 0. The molecule has 0 atom stereocenters. The number of ether oxygens (including phenoxy) is 1. The first-order valence-electron chi connectivity index (χ1n) is 7.26. The molecule has 0 aliphatic heterocycles. The predicted octanol–water partition coefficient (Wildman–Crippen LogP) is 2.58. The Morgan fingerprint density at radius 3 is 2.70 bits per heavy atom. The van der Waals surface area contributed by atoms with Gasteiger partial charge in [0, 0.05) is 25.0 Å². The van der Waals surface area contributed by atoms with Crippen LogP contribution < -0.4 is 4.74 Å². The molecular weight excluding hydrogens is 319 g/mol. The van der Waals surface area contributed by atoms with Gasteiger partial charge in [-0.1, -0.05) is 6.07 Å². The Morgan fingerprint density at radius 1 is 1.35 bits per heavy atom. The summed E-state index contributed by atoms with van der Waals surface area (Å²) in [6.45, 7) is 0.231. The van der Waals surface area contributed by atoms with Crippen LogP contribution in [-0.2, 0) is 16.6 Å². The number of benzene rings is 1. The molecule has 0 saturated heterocycles. The zero-order valence-corrected chi connectivity index (χ0v) is 13.5. The summed E-state index contributed by atoms with van der Waals surface area (Å²) in [5.74, 6) is -0.667. The van der Waals surface area contributed by atoms with Crippen LogP contribution >= 0.6 is 0 Å². The van der Waals surface area contributed by atoms with Crippen LogP contribution in [0.15, 0.2) is 47.6 Å². The van der Waals surface area contributed by atoms with Crippen molar-refractivity contribution in [2.75, 3.05) is 7.11 Å². The fourth-order valence-corrected chi connectivity index (χ4v) is 4.07. The smallest absolute Gasteiger partial charge is 0.243 e. The monoisotopic (exact) mass is 336 g/mol. The summed E-state index contributed by atoms with van der Waals surface area (Å²) in [6, 6.07) is 7.26. The van der Waals surface area contributed by atoms with E-state index in [9.17, 15) is 12.8 Å². The lowest BCUT2D eigenvalue weighted by Crippen LogP contribution is -2.32. The second kappa shape index (κ2) is 6.25. The molecule has 1 aromatic carbocycles. The van der Waals surface area contributed by atoms with Crippen LogP contribution in [0.25, 0.3) is 0 Å². The average Bonchev–Trinajstić information content (AvgIpc) is 3.38. The van der Waals surface area contributed by atoms with Crippen molar-refractivity contribution in [1.29, 1.82) is 0 Å². The first-order chi connectivity index (χ1) is 11.0. The van der Waals surface area contributed by atoms with Crippen LogP contribution in [0.2, 0.25) is 0 Å². The van der Waals surface area contributed by atoms with Crippen LogP contribution in [-0.4, -0.2) is 30.9 Å². The van der Waals surface area contributed by atoms with Gasteiger partial charge in [0.15, 0.2) is 11.6 Å². The highest BCUT2D eigenvalue weighted by Crippen LogP contribution is 2.34. The minimum atomic E-state index is -3.77. The second-order valence-corrected chi connectivity index (χ2v) is 7.33. The molecule has 1 aliphatic rings. The van der Waals surface area contributed by atoms with E-state index in [0.29, 0.717) is 0 Å². The normalized spacial score (nSPS) is 14.9. The summed E-state index contributed by atoms with van der Waals surface area (Å²) >= 11 is 0. The Kier molecular flexibility index (Phi) is 4.32.